The van der Waals surface area contributed by atoms with E-state index in [-0.39, 0.29) is 37.7 Å². The number of amides is 2. The SMILES string of the molecule is Cc1ncsc1-c1ccc(CCC(=O)[C@@H]2C[C@@H](O)CN2C(=O)[C@@H](NC(=O)COCCCOCCCOc2ccc(N)cc2)C(C)(C)C)cc1. The van der Waals surface area contributed by atoms with Crippen molar-refractivity contribution >= 4 is 34.6 Å². The summed E-state index contributed by atoms with van der Waals surface area (Å²) in [5, 5.41) is 13.3. The number of nitrogens with zero attached hydrogens (tertiary/aromatic N) is 2. The van der Waals surface area contributed by atoms with Gasteiger partial charge in [0.05, 0.1) is 34.8 Å². The number of aliphatic hydroxyl groups excluding tert-OH is 1. The lowest BCUT2D eigenvalue weighted by molar-refractivity contribution is -0.144. The fraction of sp³-hybridized carbons (Fsp3) is 0.514. The Kier molecular flexibility index (Phi) is 14.1. The van der Waals surface area contributed by atoms with Crippen molar-refractivity contribution in [3.8, 4) is 16.2 Å². The zero-order chi connectivity index (χ0) is 35.4. The van der Waals surface area contributed by atoms with Crippen LogP contribution in [-0.2, 0) is 30.3 Å². The molecular formula is C37H50N4O7S. The number of aryl methyl sites for hydroxylation is 2. The molecule has 1 aliphatic rings. The van der Waals surface area contributed by atoms with Gasteiger partial charge >= 0.3 is 0 Å². The first kappa shape index (κ1) is 38.0. The molecule has 49 heavy (non-hydrogen) atoms. The Morgan fingerprint density at radius 2 is 1.69 bits per heavy atom. The number of Topliss-reactive ketones (excluding diaryl/α,β-unsaturated/α-hetero) is 1. The molecule has 2 aromatic carbocycles. The summed E-state index contributed by atoms with van der Waals surface area (Å²) in [5.74, 6) is -0.146. The fourth-order valence-corrected chi connectivity index (χ4v) is 6.47. The predicted molar refractivity (Wildman–Crippen MR) is 190 cm³/mol. The zero-order valence-corrected chi connectivity index (χ0v) is 29.8. The number of benzene rings is 2. The maximum atomic E-state index is 13.8. The summed E-state index contributed by atoms with van der Waals surface area (Å²) in [7, 11) is 0. The second-order valence-corrected chi connectivity index (χ2v) is 14.3. The Balaban J connectivity index is 1.18. The average molecular weight is 695 g/mol. The highest BCUT2D eigenvalue weighted by molar-refractivity contribution is 7.13. The van der Waals surface area contributed by atoms with Crippen LogP contribution in [0.3, 0.4) is 0 Å². The Bertz CT molecular complexity index is 1500. The monoisotopic (exact) mass is 694 g/mol. The number of aromatic nitrogens is 1. The van der Waals surface area contributed by atoms with Crippen LogP contribution in [0.15, 0.2) is 54.0 Å². The van der Waals surface area contributed by atoms with Crippen molar-refractivity contribution in [2.75, 3.05) is 45.3 Å². The van der Waals surface area contributed by atoms with Gasteiger partial charge in [-0.3, -0.25) is 14.4 Å². The Morgan fingerprint density at radius 3 is 2.35 bits per heavy atom. The lowest BCUT2D eigenvalue weighted by Crippen LogP contribution is -2.57. The first-order valence-corrected chi connectivity index (χ1v) is 17.7. The highest BCUT2D eigenvalue weighted by Crippen LogP contribution is 2.29. The number of thiazole rings is 1. The number of nitrogens with two attached hydrogens (primary N) is 1. The van der Waals surface area contributed by atoms with Gasteiger partial charge in [0.25, 0.3) is 0 Å². The second-order valence-electron chi connectivity index (χ2n) is 13.5. The standard InChI is InChI=1S/C37H50N4O7S/c1-25-34(49-24-39-25)27-10-7-26(8-11-27)9-16-32(43)31-21-29(42)22-41(31)36(45)35(37(2,3)4)40-33(44)23-47-19-5-17-46-18-6-20-48-30-14-12-28(38)13-15-30/h7-8,10-15,24,29,31,35,42H,5-6,9,16-23,38H2,1-4H3,(H,40,44)/t29-,31+,35-/m1/s1. The quantitative estimate of drug-likeness (QED) is 0.128. The molecule has 1 saturated heterocycles. The smallest absolute Gasteiger partial charge is 0.246 e. The minimum absolute atomic E-state index is 0.0462. The maximum Gasteiger partial charge on any atom is 0.246 e. The number of β-amino-alcohol motifs (C(OH)–C–C–N with tert-alkyl or cyclic N) is 1. The fourth-order valence-electron chi connectivity index (χ4n) is 5.66. The number of hydrogen-bond donors (Lipinski definition) is 3. The molecule has 0 saturated carbocycles. The topological polar surface area (TPSA) is 153 Å². The molecule has 0 unspecified atom stereocenters. The number of rotatable bonds is 18. The summed E-state index contributed by atoms with van der Waals surface area (Å²) in [6, 6.07) is 13.7. The van der Waals surface area contributed by atoms with Crippen molar-refractivity contribution in [1.29, 1.82) is 0 Å². The van der Waals surface area contributed by atoms with Crippen LogP contribution < -0.4 is 15.8 Å². The number of aliphatic hydroxyl groups is 1. The van der Waals surface area contributed by atoms with Gasteiger partial charge in [-0.25, -0.2) is 4.98 Å². The molecule has 4 rings (SSSR count). The first-order chi connectivity index (χ1) is 23.4. The van der Waals surface area contributed by atoms with Crippen molar-refractivity contribution in [1.82, 2.24) is 15.2 Å². The van der Waals surface area contributed by atoms with Crippen LogP contribution in [0.25, 0.3) is 10.4 Å². The zero-order valence-electron chi connectivity index (χ0n) is 29.0. The molecule has 3 aromatic rings. The number of carbonyl (C=O) groups is 3. The second kappa shape index (κ2) is 18.2. The number of nitrogens with one attached hydrogen (secondary N) is 1. The molecule has 4 N–H and O–H groups in total. The van der Waals surface area contributed by atoms with Crippen molar-refractivity contribution in [2.45, 2.75) is 78.0 Å². The number of ketones is 1. The number of nitrogen functional groups attached to an aromatic ring is 1. The molecule has 1 fully saturated rings. The number of ether oxygens (including phenoxy) is 3. The van der Waals surface area contributed by atoms with Gasteiger partial charge in [-0.1, -0.05) is 45.0 Å². The maximum absolute atomic E-state index is 13.8. The van der Waals surface area contributed by atoms with Crippen LogP contribution in [0, 0.1) is 12.3 Å². The van der Waals surface area contributed by atoms with E-state index in [1.807, 2.05) is 69.6 Å². The molecule has 11 nitrogen and oxygen atoms in total. The number of likely N-dealkylation sites (tertiary alicyclic amines) is 1. The van der Waals surface area contributed by atoms with E-state index in [9.17, 15) is 19.5 Å². The molecular weight excluding hydrogens is 644 g/mol. The van der Waals surface area contributed by atoms with Gasteiger partial charge in [-0.05, 0) is 60.6 Å². The van der Waals surface area contributed by atoms with Crippen molar-refractivity contribution in [2.24, 2.45) is 5.41 Å². The van der Waals surface area contributed by atoms with Crippen LogP contribution in [0.2, 0.25) is 0 Å². The van der Waals surface area contributed by atoms with Gasteiger partial charge in [0.2, 0.25) is 11.8 Å². The van der Waals surface area contributed by atoms with Crippen molar-refractivity contribution < 1.29 is 33.7 Å². The Labute approximate surface area is 293 Å². The summed E-state index contributed by atoms with van der Waals surface area (Å²) in [6.45, 7) is 9.27. The lowest BCUT2D eigenvalue weighted by atomic mass is 9.85. The van der Waals surface area contributed by atoms with Gasteiger partial charge < -0.3 is 35.3 Å². The normalized spacial score (nSPS) is 16.8. The molecule has 0 bridgehead atoms. The minimum atomic E-state index is -0.897. The Morgan fingerprint density at radius 1 is 1.02 bits per heavy atom. The molecule has 1 aliphatic heterocycles. The Hall–Kier alpha value is -3.84. The van der Waals surface area contributed by atoms with E-state index in [2.05, 4.69) is 10.3 Å². The van der Waals surface area contributed by atoms with E-state index < -0.39 is 29.5 Å². The molecule has 1 aromatic heterocycles. The van der Waals surface area contributed by atoms with Crippen molar-refractivity contribution in [3.63, 3.8) is 0 Å². The van der Waals surface area contributed by atoms with Crippen LogP contribution >= 0.6 is 11.3 Å². The summed E-state index contributed by atoms with van der Waals surface area (Å²) < 4.78 is 16.8. The molecule has 3 atom stereocenters. The van der Waals surface area contributed by atoms with E-state index in [1.54, 1.807) is 23.5 Å². The van der Waals surface area contributed by atoms with Gasteiger partial charge in [0.15, 0.2) is 5.78 Å². The summed E-state index contributed by atoms with van der Waals surface area (Å²) in [5.41, 5.74) is 10.6. The largest absolute Gasteiger partial charge is 0.494 e. The molecule has 0 radical (unpaired) electrons. The molecule has 266 valence electrons. The van der Waals surface area contributed by atoms with E-state index in [0.29, 0.717) is 45.0 Å². The van der Waals surface area contributed by atoms with E-state index >= 15 is 0 Å². The van der Waals surface area contributed by atoms with Gasteiger partial charge in [0.1, 0.15) is 18.4 Å². The van der Waals surface area contributed by atoms with Crippen LogP contribution in [-0.4, -0.2) is 90.4 Å². The third-order valence-corrected chi connectivity index (χ3v) is 9.34. The van der Waals surface area contributed by atoms with Gasteiger partial charge in [0, 0.05) is 51.3 Å². The average Bonchev–Trinajstić information content (AvgIpc) is 3.68. The predicted octanol–water partition coefficient (Wildman–Crippen LogP) is 4.59. The van der Waals surface area contributed by atoms with Gasteiger partial charge in [-0.2, -0.15) is 0 Å². The third-order valence-electron chi connectivity index (χ3n) is 8.37. The molecule has 2 heterocycles. The summed E-state index contributed by atoms with van der Waals surface area (Å²) >= 11 is 1.59. The number of anilines is 1. The third kappa shape index (κ3) is 11.6. The highest BCUT2D eigenvalue weighted by atomic mass is 32.1. The highest BCUT2D eigenvalue weighted by Gasteiger charge is 2.44. The van der Waals surface area contributed by atoms with Gasteiger partial charge in [-0.15, -0.1) is 11.3 Å². The molecule has 12 heteroatoms. The van der Waals surface area contributed by atoms with Crippen LogP contribution in [0.1, 0.15) is 57.7 Å². The summed E-state index contributed by atoms with van der Waals surface area (Å²) in [4.78, 5) is 47.0. The number of hydrogen-bond acceptors (Lipinski definition) is 10. The number of carbonyl (C=O) groups excluding carboxylic acids is 3. The summed E-state index contributed by atoms with van der Waals surface area (Å²) in [6.07, 6.45) is 1.48. The van der Waals surface area contributed by atoms with Crippen LogP contribution in [0.5, 0.6) is 5.75 Å². The lowest BCUT2D eigenvalue weighted by Gasteiger charge is -2.35. The molecule has 0 spiro atoms. The van der Waals surface area contributed by atoms with Crippen molar-refractivity contribution in [3.05, 3.63) is 65.3 Å². The van der Waals surface area contributed by atoms with E-state index in [1.165, 1.54) is 4.90 Å². The van der Waals surface area contributed by atoms with E-state index in [4.69, 9.17) is 19.9 Å². The molecule has 0 aliphatic carbocycles. The molecule has 2 amide bonds. The van der Waals surface area contributed by atoms with Crippen LogP contribution in [0.4, 0.5) is 5.69 Å². The minimum Gasteiger partial charge on any atom is -0.494 e. The first-order valence-electron chi connectivity index (χ1n) is 16.9. The van der Waals surface area contributed by atoms with E-state index in [0.717, 1.165) is 33.9 Å².